The Morgan fingerprint density at radius 3 is 3.18 bits per heavy atom. The molecule has 0 aliphatic heterocycles. The van der Waals surface area contributed by atoms with Gasteiger partial charge in [0.05, 0.1) is 6.33 Å². The lowest BCUT2D eigenvalue weighted by Crippen LogP contribution is -2.35. The van der Waals surface area contributed by atoms with Crippen molar-refractivity contribution in [3.05, 3.63) is 18.2 Å². The van der Waals surface area contributed by atoms with E-state index in [1.807, 2.05) is 0 Å². The lowest BCUT2D eigenvalue weighted by atomic mass is 10.2. The predicted octanol–water partition coefficient (Wildman–Crippen LogP) is -0.467. The molecule has 0 aliphatic rings. The topological polar surface area (TPSA) is 79.4 Å². The Bertz CT molecular complexity index is 408. The van der Waals surface area contributed by atoms with Gasteiger partial charge in [0.25, 0.3) is 0 Å². The molecule has 0 spiro atoms. The van der Waals surface area contributed by atoms with Crippen molar-refractivity contribution in [3.8, 4) is 12.3 Å². The number of ether oxygens (including phenoxy) is 2. The van der Waals surface area contributed by atoms with Crippen LogP contribution >= 0.6 is 0 Å². The fourth-order valence-electron chi connectivity index (χ4n) is 1.30. The van der Waals surface area contributed by atoms with Gasteiger partial charge in [-0.15, -0.1) is 6.42 Å². The largest absolute Gasteiger partial charge is 0.451 e. The van der Waals surface area contributed by atoms with Crippen LogP contribution in [0.25, 0.3) is 0 Å². The second-order valence-corrected chi connectivity index (χ2v) is 3.39. The third-order valence-corrected chi connectivity index (χ3v) is 2.10. The highest BCUT2D eigenvalue weighted by atomic mass is 16.5. The first-order valence-electron chi connectivity index (χ1n) is 5.02. The van der Waals surface area contributed by atoms with Gasteiger partial charge in [-0.2, -0.15) is 0 Å². The average Bonchev–Trinajstić information content (AvgIpc) is 2.74. The summed E-state index contributed by atoms with van der Waals surface area (Å²) in [6.45, 7) is 0.297. The minimum Gasteiger partial charge on any atom is -0.451 e. The Hall–Kier alpha value is -1.84. The lowest BCUT2D eigenvalue weighted by molar-refractivity contribution is -0.143. The van der Waals surface area contributed by atoms with Crippen molar-refractivity contribution in [1.29, 1.82) is 0 Å². The number of nitrogens with zero attached hydrogens (tertiary/aromatic N) is 2. The van der Waals surface area contributed by atoms with Crippen molar-refractivity contribution in [2.24, 2.45) is 5.73 Å². The quantitative estimate of drug-likeness (QED) is 0.534. The van der Waals surface area contributed by atoms with E-state index in [0.29, 0.717) is 13.2 Å². The zero-order chi connectivity index (χ0) is 12.7. The van der Waals surface area contributed by atoms with E-state index in [-0.39, 0.29) is 6.61 Å². The predicted molar refractivity (Wildman–Crippen MR) is 60.7 cm³/mol. The maximum Gasteiger partial charge on any atom is 0.324 e. The highest BCUT2D eigenvalue weighted by Gasteiger charge is 2.17. The number of carbonyl (C=O) groups excluding carboxylic acids is 1. The SMILES string of the molecule is C#CCOC(=O)C(N)Cc1cncn1COC. The molecule has 0 aliphatic carbocycles. The van der Waals surface area contributed by atoms with Gasteiger partial charge in [-0.05, 0) is 0 Å². The maximum absolute atomic E-state index is 11.4. The molecular formula is C11H15N3O3. The second-order valence-electron chi connectivity index (χ2n) is 3.39. The fraction of sp³-hybridized carbons (Fsp3) is 0.455. The van der Waals surface area contributed by atoms with E-state index in [1.165, 1.54) is 0 Å². The number of hydrogen-bond donors (Lipinski definition) is 1. The van der Waals surface area contributed by atoms with Crippen LogP contribution in [0.1, 0.15) is 5.69 Å². The second kappa shape index (κ2) is 6.68. The molecule has 6 nitrogen and oxygen atoms in total. The van der Waals surface area contributed by atoms with Crippen LogP contribution in [0, 0.1) is 12.3 Å². The fourth-order valence-corrected chi connectivity index (χ4v) is 1.30. The number of imidazole rings is 1. The summed E-state index contributed by atoms with van der Waals surface area (Å²) in [5, 5.41) is 0. The van der Waals surface area contributed by atoms with Crippen molar-refractivity contribution in [3.63, 3.8) is 0 Å². The molecule has 0 saturated heterocycles. The third-order valence-electron chi connectivity index (χ3n) is 2.10. The van der Waals surface area contributed by atoms with Crippen molar-refractivity contribution in [1.82, 2.24) is 9.55 Å². The number of methoxy groups -OCH3 is 1. The maximum atomic E-state index is 11.4. The molecule has 0 saturated carbocycles. The van der Waals surface area contributed by atoms with Crippen LogP contribution in [-0.4, -0.2) is 35.3 Å². The summed E-state index contributed by atoms with van der Waals surface area (Å²) in [5.74, 6) is 1.69. The zero-order valence-corrected chi connectivity index (χ0v) is 9.63. The first-order chi connectivity index (χ1) is 8.19. The molecule has 17 heavy (non-hydrogen) atoms. The van der Waals surface area contributed by atoms with E-state index in [4.69, 9.17) is 21.6 Å². The van der Waals surface area contributed by atoms with Gasteiger partial charge in [0, 0.05) is 25.4 Å². The molecule has 0 radical (unpaired) electrons. The van der Waals surface area contributed by atoms with Crippen molar-refractivity contribution < 1.29 is 14.3 Å². The smallest absolute Gasteiger partial charge is 0.324 e. The van der Waals surface area contributed by atoms with Gasteiger partial charge in [-0.3, -0.25) is 4.79 Å². The van der Waals surface area contributed by atoms with Gasteiger partial charge in [-0.1, -0.05) is 5.92 Å². The Kier molecular flexibility index (Phi) is 5.20. The van der Waals surface area contributed by atoms with E-state index in [2.05, 4.69) is 10.9 Å². The normalized spacial score (nSPS) is 11.8. The lowest BCUT2D eigenvalue weighted by Gasteiger charge is -2.11. The molecule has 1 aromatic rings. The zero-order valence-electron chi connectivity index (χ0n) is 9.63. The van der Waals surface area contributed by atoms with Crippen LogP contribution in [0.3, 0.4) is 0 Å². The van der Waals surface area contributed by atoms with Crippen LogP contribution in [0.15, 0.2) is 12.5 Å². The number of rotatable bonds is 6. The van der Waals surface area contributed by atoms with Crippen LogP contribution < -0.4 is 5.73 Å². The Morgan fingerprint density at radius 2 is 2.53 bits per heavy atom. The molecule has 1 heterocycles. The van der Waals surface area contributed by atoms with E-state index in [9.17, 15) is 4.79 Å². The van der Waals surface area contributed by atoms with Crippen LogP contribution in [0.4, 0.5) is 0 Å². The highest BCUT2D eigenvalue weighted by molar-refractivity contribution is 5.75. The van der Waals surface area contributed by atoms with E-state index >= 15 is 0 Å². The standard InChI is InChI=1S/C11H15N3O3/c1-3-4-17-11(15)10(12)5-9-6-13-7-14(9)8-16-2/h1,6-7,10H,4-5,8,12H2,2H3. The number of carbonyl (C=O) groups is 1. The number of nitrogens with two attached hydrogens (primary N) is 1. The molecule has 0 bridgehead atoms. The average molecular weight is 237 g/mol. The Morgan fingerprint density at radius 1 is 1.76 bits per heavy atom. The summed E-state index contributed by atoms with van der Waals surface area (Å²) in [4.78, 5) is 15.4. The van der Waals surface area contributed by atoms with Crippen LogP contribution in [-0.2, 0) is 27.4 Å². The summed E-state index contributed by atoms with van der Waals surface area (Å²) in [5.41, 5.74) is 6.49. The van der Waals surface area contributed by atoms with Crippen LogP contribution in [0.2, 0.25) is 0 Å². The molecule has 92 valence electrons. The molecule has 1 atom stereocenters. The summed E-state index contributed by atoms with van der Waals surface area (Å²) < 4.78 is 11.5. The summed E-state index contributed by atoms with van der Waals surface area (Å²) in [6, 6.07) is -0.754. The van der Waals surface area contributed by atoms with E-state index in [1.54, 1.807) is 24.2 Å². The Balaban J connectivity index is 2.55. The summed E-state index contributed by atoms with van der Waals surface area (Å²) in [7, 11) is 1.57. The molecule has 0 amide bonds. The van der Waals surface area contributed by atoms with Gasteiger partial charge < -0.3 is 19.8 Å². The molecule has 2 N–H and O–H groups in total. The van der Waals surface area contributed by atoms with Gasteiger partial charge in [0.15, 0.2) is 6.61 Å². The molecule has 0 aromatic carbocycles. The first-order valence-corrected chi connectivity index (χ1v) is 5.02. The molecular weight excluding hydrogens is 222 g/mol. The number of hydrogen-bond acceptors (Lipinski definition) is 5. The molecule has 0 fully saturated rings. The van der Waals surface area contributed by atoms with Gasteiger partial charge in [-0.25, -0.2) is 4.98 Å². The highest BCUT2D eigenvalue weighted by Crippen LogP contribution is 2.03. The van der Waals surface area contributed by atoms with Crippen molar-refractivity contribution in [2.75, 3.05) is 13.7 Å². The molecule has 1 rings (SSSR count). The van der Waals surface area contributed by atoms with E-state index < -0.39 is 12.0 Å². The summed E-state index contributed by atoms with van der Waals surface area (Å²) in [6.07, 6.45) is 8.55. The number of esters is 1. The Labute approximate surface area is 99.7 Å². The minimum atomic E-state index is -0.754. The molecule has 6 heteroatoms. The van der Waals surface area contributed by atoms with Crippen molar-refractivity contribution >= 4 is 5.97 Å². The number of terminal acetylenes is 1. The number of aromatic nitrogens is 2. The molecule has 1 aromatic heterocycles. The first kappa shape index (κ1) is 13.2. The minimum absolute atomic E-state index is 0.0656. The van der Waals surface area contributed by atoms with E-state index in [0.717, 1.165) is 5.69 Å². The van der Waals surface area contributed by atoms with Gasteiger partial charge in [0.1, 0.15) is 12.8 Å². The summed E-state index contributed by atoms with van der Waals surface area (Å²) >= 11 is 0. The van der Waals surface area contributed by atoms with Gasteiger partial charge >= 0.3 is 5.97 Å². The van der Waals surface area contributed by atoms with Gasteiger partial charge in [0.2, 0.25) is 0 Å². The monoisotopic (exact) mass is 237 g/mol. The van der Waals surface area contributed by atoms with Crippen molar-refractivity contribution in [2.45, 2.75) is 19.2 Å². The molecule has 1 unspecified atom stereocenters. The third kappa shape index (κ3) is 3.90. The van der Waals surface area contributed by atoms with Crippen LogP contribution in [0.5, 0.6) is 0 Å².